The number of hydrogen-bond acceptors (Lipinski definition) is 2. The summed E-state index contributed by atoms with van der Waals surface area (Å²) < 4.78 is 39.6. The normalized spacial score (nSPS) is 13.6. The second-order valence-corrected chi connectivity index (χ2v) is 4.41. The quantitative estimate of drug-likeness (QED) is 0.911. The van der Waals surface area contributed by atoms with Crippen molar-refractivity contribution in [2.24, 2.45) is 12.8 Å². The van der Waals surface area contributed by atoms with Crippen LogP contribution in [0.25, 0.3) is 0 Å². The lowest BCUT2D eigenvalue weighted by Crippen LogP contribution is -2.14. The Morgan fingerprint density at radius 3 is 2.53 bits per heavy atom. The van der Waals surface area contributed by atoms with Crippen molar-refractivity contribution in [2.45, 2.75) is 19.1 Å². The largest absolute Gasteiger partial charge is 0.416 e. The monoisotopic (exact) mass is 269 g/mol. The Morgan fingerprint density at radius 2 is 2.00 bits per heavy atom. The van der Waals surface area contributed by atoms with Gasteiger partial charge in [-0.2, -0.15) is 18.3 Å². The summed E-state index contributed by atoms with van der Waals surface area (Å²) in [5.74, 6) is 0. The summed E-state index contributed by atoms with van der Waals surface area (Å²) in [6, 6.07) is 4.45. The highest BCUT2D eigenvalue weighted by molar-refractivity contribution is 5.35. The van der Waals surface area contributed by atoms with Crippen molar-refractivity contribution in [3.05, 3.63) is 52.8 Å². The van der Waals surface area contributed by atoms with Gasteiger partial charge in [-0.1, -0.05) is 12.1 Å². The molecular weight excluding hydrogens is 255 g/mol. The fraction of sp³-hybridized carbons (Fsp3) is 0.308. The van der Waals surface area contributed by atoms with Gasteiger partial charge in [-0.25, -0.2) is 0 Å². The number of benzene rings is 1. The van der Waals surface area contributed by atoms with E-state index in [1.807, 2.05) is 6.92 Å². The standard InChI is InChI=1S/C13H14F3N3/c1-8-11(7-18-19(8)2)12(17)9-4-3-5-10(6-9)13(14,15)16/h3-7,12H,17H2,1-2H3. The van der Waals surface area contributed by atoms with E-state index in [2.05, 4.69) is 5.10 Å². The molecule has 2 aromatic rings. The molecule has 0 saturated heterocycles. The number of alkyl halides is 3. The van der Waals surface area contributed by atoms with Crippen LogP contribution in [-0.2, 0) is 13.2 Å². The molecule has 0 radical (unpaired) electrons. The lowest BCUT2D eigenvalue weighted by molar-refractivity contribution is -0.137. The molecule has 2 rings (SSSR count). The summed E-state index contributed by atoms with van der Waals surface area (Å²) in [5, 5.41) is 4.05. The van der Waals surface area contributed by atoms with Gasteiger partial charge in [0.05, 0.1) is 17.8 Å². The molecule has 0 saturated carbocycles. The van der Waals surface area contributed by atoms with E-state index < -0.39 is 17.8 Å². The Hall–Kier alpha value is -1.82. The van der Waals surface area contributed by atoms with Crippen molar-refractivity contribution in [1.29, 1.82) is 0 Å². The third kappa shape index (κ3) is 2.63. The van der Waals surface area contributed by atoms with Crippen LogP contribution in [0.2, 0.25) is 0 Å². The first-order chi connectivity index (χ1) is 8.80. The zero-order chi connectivity index (χ0) is 14.2. The number of aryl methyl sites for hydroxylation is 1. The third-order valence-electron chi connectivity index (χ3n) is 3.18. The SMILES string of the molecule is Cc1c(C(N)c2cccc(C(F)(F)F)c2)cnn1C. The maximum absolute atomic E-state index is 12.7. The first-order valence-corrected chi connectivity index (χ1v) is 5.72. The topological polar surface area (TPSA) is 43.8 Å². The van der Waals surface area contributed by atoms with Gasteiger partial charge in [-0.15, -0.1) is 0 Å². The van der Waals surface area contributed by atoms with E-state index in [4.69, 9.17) is 5.73 Å². The molecule has 1 aromatic carbocycles. The van der Waals surface area contributed by atoms with Crippen LogP contribution in [0.4, 0.5) is 13.2 Å². The summed E-state index contributed by atoms with van der Waals surface area (Å²) in [6.45, 7) is 1.83. The molecule has 6 heteroatoms. The van der Waals surface area contributed by atoms with E-state index in [0.717, 1.165) is 23.4 Å². The number of halogens is 3. The minimum atomic E-state index is -4.36. The predicted octanol–water partition coefficient (Wildman–Crippen LogP) is 2.80. The van der Waals surface area contributed by atoms with Crippen molar-refractivity contribution in [3.8, 4) is 0 Å². The molecule has 19 heavy (non-hydrogen) atoms. The van der Waals surface area contributed by atoms with Gasteiger partial charge in [0.1, 0.15) is 0 Å². The van der Waals surface area contributed by atoms with Gasteiger partial charge in [-0.3, -0.25) is 4.68 Å². The van der Waals surface area contributed by atoms with Crippen LogP contribution in [0.15, 0.2) is 30.5 Å². The highest BCUT2D eigenvalue weighted by Gasteiger charge is 2.31. The maximum Gasteiger partial charge on any atom is 0.416 e. The Labute approximate surface area is 108 Å². The van der Waals surface area contributed by atoms with Crippen LogP contribution < -0.4 is 5.73 Å². The van der Waals surface area contributed by atoms with E-state index in [1.54, 1.807) is 24.0 Å². The van der Waals surface area contributed by atoms with Crippen molar-refractivity contribution >= 4 is 0 Å². The first kappa shape index (κ1) is 13.6. The Bertz CT molecular complexity index is 587. The molecule has 0 amide bonds. The molecule has 3 nitrogen and oxygen atoms in total. The summed E-state index contributed by atoms with van der Waals surface area (Å²) in [7, 11) is 1.76. The fourth-order valence-corrected chi connectivity index (χ4v) is 1.91. The van der Waals surface area contributed by atoms with Crippen LogP contribution in [0.3, 0.4) is 0 Å². The second kappa shape index (κ2) is 4.70. The van der Waals surface area contributed by atoms with Crippen molar-refractivity contribution in [2.75, 3.05) is 0 Å². The van der Waals surface area contributed by atoms with Crippen LogP contribution in [0.5, 0.6) is 0 Å². The summed E-state index contributed by atoms with van der Waals surface area (Å²) in [4.78, 5) is 0. The Morgan fingerprint density at radius 1 is 1.32 bits per heavy atom. The number of rotatable bonds is 2. The Balaban J connectivity index is 2.40. The van der Waals surface area contributed by atoms with Crippen LogP contribution in [0.1, 0.15) is 28.4 Å². The molecule has 1 heterocycles. The van der Waals surface area contributed by atoms with E-state index in [9.17, 15) is 13.2 Å². The van der Waals surface area contributed by atoms with Gasteiger partial charge < -0.3 is 5.73 Å². The molecule has 1 unspecified atom stereocenters. The van der Waals surface area contributed by atoms with Gasteiger partial charge in [-0.05, 0) is 24.6 Å². The van der Waals surface area contributed by atoms with Crippen molar-refractivity contribution in [1.82, 2.24) is 9.78 Å². The fourth-order valence-electron chi connectivity index (χ4n) is 1.91. The molecule has 0 bridgehead atoms. The van der Waals surface area contributed by atoms with E-state index in [0.29, 0.717) is 5.56 Å². The average molecular weight is 269 g/mol. The summed E-state index contributed by atoms with van der Waals surface area (Å²) in [5.41, 5.74) is 7.31. The first-order valence-electron chi connectivity index (χ1n) is 5.72. The minimum absolute atomic E-state index is 0.422. The average Bonchev–Trinajstić information content (AvgIpc) is 2.68. The molecule has 0 aliphatic carbocycles. The summed E-state index contributed by atoms with van der Waals surface area (Å²) >= 11 is 0. The lowest BCUT2D eigenvalue weighted by Gasteiger charge is -2.14. The van der Waals surface area contributed by atoms with E-state index in [-0.39, 0.29) is 0 Å². The molecule has 0 spiro atoms. The van der Waals surface area contributed by atoms with Gasteiger partial charge in [0.2, 0.25) is 0 Å². The van der Waals surface area contributed by atoms with E-state index >= 15 is 0 Å². The maximum atomic E-state index is 12.7. The van der Waals surface area contributed by atoms with Crippen LogP contribution in [0, 0.1) is 6.92 Å². The third-order valence-corrected chi connectivity index (χ3v) is 3.18. The lowest BCUT2D eigenvalue weighted by atomic mass is 9.98. The van der Waals surface area contributed by atoms with Crippen molar-refractivity contribution in [3.63, 3.8) is 0 Å². The highest BCUT2D eigenvalue weighted by Crippen LogP contribution is 2.31. The number of nitrogens with two attached hydrogens (primary N) is 1. The number of hydrogen-bond donors (Lipinski definition) is 1. The minimum Gasteiger partial charge on any atom is -0.320 e. The summed E-state index contributed by atoms with van der Waals surface area (Å²) in [6.07, 6.45) is -2.78. The van der Waals surface area contributed by atoms with Crippen LogP contribution >= 0.6 is 0 Å². The van der Waals surface area contributed by atoms with E-state index in [1.165, 1.54) is 6.07 Å². The van der Waals surface area contributed by atoms with Gasteiger partial charge >= 0.3 is 6.18 Å². The molecule has 1 atom stereocenters. The molecular formula is C13H14F3N3. The van der Waals surface area contributed by atoms with Crippen LogP contribution in [-0.4, -0.2) is 9.78 Å². The number of nitrogens with zero attached hydrogens (tertiary/aromatic N) is 2. The van der Waals surface area contributed by atoms with Gasteiger partial charge in [0.25, 0.3) is 0 Å². The second-order valence-electron chi connectivity index (χ2n) is 4.41. The molecule has 102 valence electrons. The molecule has 2 N–H and O–H groups in total. The smallest absolute Gasteiger partial charge is 0.320 e. The molecule has 1 aromatic heterocycles. The Kier molecular flexibility index (Phi) is 3.36. The molecule has 0 aliphatic heterocycles. The van der Waals surface area contributed by atoms with Gasteiger partial charge in [0, 0.05) is 18.3 Å². The highest BCUT2D eigenvalue weighted by atomic mass is 19.4. The number of aromatic nitrogens is 2. The van der Waals surface area contributed by atoms with Crippen molar-refractivity contribution < 1.29 is 13.2 Å². The zero-order valence-electron chi connectivity index (χ0n) is 10.6. The molecule has 0 fully saturated rings. The van der Waals surface area contributed by atoms with Gasteiger partial charge in [0.15, 0.2) is 0 Å². The zero-order valence-corrected chi connectivity index (χ0v) is 10.6. The molecule has 0 aliphatic rings. The predicted molar refractivity (Wildman–Crippen MR) is 65.4 cm³/mol.